The number of allylic oxidation sites excluding steroid dienone is 12. The highest BCUT2D eigenvalue weighted by atomic mass is 14.5. The fourth-order valence-electron chi connectivity index (χ4n) is 6.73. The molecular weight excluding hydrogens is 516 g/mol. The molecule has 0 heterocycles. The molecule has 0 N–H and O–H groups in total. The van der Waals surface area contributed by atoms with Gasteiger partial charge in [-0.3, -0.25) is 0 Å². The summed E-state index contributed by atoms with van der Waals surface area (Å²) in [5.74, 6) is 2.12. The fraction of sp³-hybridized carbons (Fsp3) is 0.302. The molecule has 0 aliphatic heterocycles. The van der Waals surface area contributed by atoms with Crippen LogP contribution in [0.1, 0.15) is 80.3 Å². The second-order valence-electron chi connectivity index (χ2n) is 12.9. The van der Waals surface area contributed by atoms with E-state index in [1.807, 2.05) is 0 Å². The first-order valence-electron chi connectivity index (χ1n) is 16.1. The van der Waals surface area contributed by atoms with Crippen LogP contribution in [0.4, 0.5) is 0 Å². The first kappa shape index (κ1) is 30.6. The van der Waals surface area contributed by atoms with E-state index in [4.69, 9.17) is 0 Å². The molecule has 0 radical (unpaired) electrons. The van der Waals surface area contributed by atoms with Crippen molar-refractivity contribution >= 4 is 5.57 Å². The molecule has 0 amide bonds. The number of aryl methyl sites for hydroxylation is 2. The Bertz CT molecular complexity index is 1530. The molecule has 0 aromatic heterocycles. The highest BCUT2D eigenvalue weighted by Gasteiger charge is 2.43. The average Bonchev–Trinajstić information content (AvgIpc) is 3.36. The summed E-state index contributed by atoms with van der Waals surface area (Å²) in [5.41, 5.74) is 12.3. The van der Waals surface area contributed by atoms with Gasteiger partial charge in [-0.25, -0.2) is 0 Å². The maximum atomic E-state index is 2.44. The molecule has 0 fully saturated rings. The van der Waals surface area contributed by atoms with Gasteiger partial charge in [-0.05, 0) is 92.2 Å². The minimum absolute atomic E-state index is 0.134. The second-order valence-corrected chi connectivity index (χ2v) is 12.9. The molecule has 6 rings (SSSR count). The highest BCUT2D eigenvalue weighted by Crippen LogP contribution is 2.53. The van der Waals surface area contributed by atoms with E-state index >= 15 is 0 Å². The highest BCUT2D eigenvalue weighted by molar-refractivity contribution is 5.81. The number of rotatable bonds is 5. The molecule has 0 saturated carbocycles. The van der Waals surface area contributed by atoms with Crippen molar-refractivity contribution in [1.82, 2.24) is 0 Å². The maximum absolute atomic E-state index is 2.44. The second kappa shape index (κ2) is 13.6. The van der Waals surface area contributed by atoms with E-state index in [1.54, 1.807) is 0 Å². The summed E-state index contributed by atoms with van der Waals surface area (Å²) in [6, 6.07) is 27.1. The van der Waals surface area contributed by atoms with E-state index in [1.165, 1.54) is 62.9 Å². The Kier molecular flexibility index (Phi) is 9.66. The van der Waals surface area contributed by atoms with Crippen molar-refractivity contribution in [3.8, 4) is 0 Å². The maximum Gasteiger partial charge on any atom is 0.0497 e. The normalized spacial score (nSPS) is 21.4. The van der Waals surface area contributed by atoms with Gasteiger partial charge in [0.25, 0.3) is 0 Å². The zero-order valence-corrected chi connectivity index (χ0v) is 27.0. The fourth-order valence-corrected chi connectivity index (χ4v) is 6.73. The lowest BCUT2D eigenvalue weighted by Crippen LogP contribution is -2.26. The monoisotopic (exact) mass is 564 g/mol. The van der Waals surface area contributed by atoms with Gasteiger partial charge in [-0.2, -0.15) is 0 Å². The Labute approximate surface area is 261 Å². The molecule has 2 atom stereocenters. The quantitative estimate of drug-likeness (QED) is 0.289. The molecule has 0 bridgehead atoms. The van der Waals surface area contributed by atoms with Gasteiger partial charge in [0.15, 0.2) is 0 Å². The van der Waals surface area contributed by atoms with Crippen LogP contribution in [-0.2, 0) is 5.41 Å². The Morgan fingerprint density at radius 2 is 1.40 bits per heavy atom. The lowest BCUT2D eigenvalue weighted by molar-refractivity contribution is 0.464. The van der Waals surface area contributed by atoms with Crippen LogP contribution < -0.4 is 0 Å². The van der Waals surface area contributed by atoms with Gasteiger partial charge in [0, 0.05) is 11.3 Å². The molecule has 0 saturated heterocycles. The van der Waals surface area contributed by atoms with Gasteiger partial charge < -0.3 is 0 Å². The number of hydrogen-bond donors (Lipinski definition) is 0. The molecule has 3 aliphatic carbocycles. The predicted molar refractivity (Wildman–Crippen MR) is 187 cm³/mol. The average molecular weight is 565 g/mol. The van der Waals surface area contributed by atoms with Gasteiger partial charge in [0.1, 0.15) is 0 Å². The molecule has 220 valence electrons. The van der Waals surface area contributed by atoms with Crippen molar-refractivity contribution in [2.24, 2.45) is 17.8 Å². The van der Waals surface area contributed by atoms with Gasteiger partial charge in [0.2, 0.25) is 0 Å². The van der Waals surface area contributed by atoms with Crippen LogP contribution in [0.2, 0.25) is 0 Å². The number of benzene rings is 3. The zero-order valence-electron chi connectivity index (χ0n) is 27.0. The summed E-state index contributed by atoms with van der Waals surface area (Å²) in [5, 5.41) is 0. The third-order valence-electron chi connectivity index (χ3n) is 9.50. The van der Waals surface area contributed by atoms with Crippen LogP contribution in [0.3, 0.4) is 0 Å². The molecule has 43 heavy (non-hydrogen) atoms. The lowest BCUT2D eigenvalue weighted by Gasteiger charge is -2.32. The van der Waals surface area contributed by atoms with Gasteiger partial charge in [-0.15, -0.1) is 0 Å². The van der Waals surface area contributed by atoms with Crippen molar-refractivity contribution in [2.75, 3.05) is 0 Å². The van der Waals surface area contributed by atoms with Crippen LogP contribution in [-0.4, -0.2) is 0 Å². The molecule has 3 aliphatic rings. The van der Waals surface area contributed by atoms with Crippen molar-refractivity contribution in [3.63, 3.8) is 0 Å². The molecule has 0 nitrogen and oxygen atoms in total. The third kappa shape index (κ3) is 6.70. The minimum atomic E-state index is -0.134. The van der Waals surface area contributed by atoms with E-state index in [0.717, 1.165) is 18.3 Å². The summed E-state index contributed by atoms with van der Waals surface area (Å²) in [7, 11) is 0. The van der Waals surface area contributed by atoms with Crippen molar-refractivity contribution in [2.45, 2.75) is 66.2 Å². The van der Waals surface area contributed by atoms with Crippen LogP contribution in [0, 0.1) is 31.6 Å². The standard InChI is InChI=1S/C27H26.C16H22/c1-4-5-8-22-19-27(23-15-11-20(2)12-16-23,24-17-13-21(3)14-18-24)26-10-7-6-9-25(22)26;1-12(2)14-8-10-16(11-9-14)15-6-4-13(3)5-7-15/h4-18H,19H2,1-3H3;4-6,8,10-12,14-15H,7,9H2,1-3H3/b5-4-,22-8+;. The van der Waals surface area contributed by atoms with Crippen LogP contribution >= 0.6 is 0 Å². The Morgan fingerprint density at radius 1 is 0.744 bits per heavy atom. The van der Waals surface area contributed by atoms with Crippen LogP contribution in [0.15, 0.2) is 139 Å². The van der Waals surface area contributed by atoms with Crippen molar-refractivity contribution in [1.29, 1.82) is 0 Å². The van der Waals surface area contributed by atoms with Crippen LogP contribution in [0.5, 0.6) is 0 Å². The largest absolute Gasteiger partial charge is 0.0877 e. The van der Waals surface area contributed by atoms with E-state index in [-0.39, 0.29) is 5.41 Å². The smallest absolute Gasteiger partial charge is 0.0497 e. The van der Waals surface area contributed by atoms with E-state index in [9.17, 15) is 0 Å². The first-order valence-corrected chi connectivity index (χ1v) is 16.1. The molecule has 3 aromatic carbocycles. The molecule has 0 heteroatoms. The molecular formula is C43H48. The summed E-state index contributed by atoms with van der Waals surface area (Å²) in [6.07, 6.45) is 24.0. The molecule has 0 spiro atoms. The lowest BCUT2D eigenvalue weighted by atomic mass is 9.70. The molecule has 2 unspecified atom stereocenters. The zero-order chi connectivity index (χ0) is 30.4. The Balaban J connectivity index is 0.000000196. The van der Waals surface area contributed by atoms with Gasteiger partial charge in [0.05, 0.1) is 0 Å². The summed E-state index contributed by atoms with van der Waals surface area (Å²) < 4.78 is 0. The summed E-state index contributed by atoms with van der Waals surface area (Å²) >= 11 is 0. The Hall–Kier alpha value is -3.90. The first-order chi connectivity index (χ1) is 20.8. The van der Waals surface area contributed by atoms with Crippen LogP contribution in [0.25, 0.3) is 5.57 Å². The topological polar surface area (TPSA) is 0 Å². The number of hydrogen-bond acceptors (Lipinski definition) is 0. The van der Waals surface area contributed by atoms with E-state index in [2.05, 4.69) is 169 Å². The van der Waals surface area contributed by atoms with Crippen molar-refractivity contribution < 1.29 is 0 Å². The summed E-state index contributed by atoms with van der Waals surface area (Å²) in [6.45, 7) is 13.2. The van der Waals surface area contributed by atoms with Crippen molar-refractivity contribution in [3.05, 3.63) is 172 Å². The van der Waals surface area contributed by atoms with Gasteiger partial charge in [-0.1, -0.05) is 158 Å². The summed E-state index contributed by atoms with van der Waals surface area (Å²) in [4.78, 5) is 0. The predicted octanol–water partition coefficient (Wildman–Crippen LogP) is 11.7. The van der Waals surface area contributed by atoms with Gasteiger partial charge >= 0.3 is 0 Å². The van der Waals surface area contributed by atoms with E-state index in [0.29, 0.717) is 5.92 Å². The third-order valence-corrected chi connectivity index (χ3v) is 9.50. The molecule has 3 aromatic rings. The number of fused-ring (bicyclic) bond motifs is 1. The minimum Gasteiger partial charge on any atom is -0.0877 e. The SMILES string of the molecule is C/C=C\C=C1/CC(c2ccc(C)cc2)(c2ccc(C)cc2)c2ccccc21.CC1=CCC(C2=CCC(C(C)C)C=C2)C=C1. The van der Waals surface area contributed by atoms with E-state index < -0.39 is 0 Å². The Morgan fingerprint density at radius 3 is 1.93 bits per heavy atom.